The highest BCUT2D eigenvalue weighted by Gasteiger charge is 2.27. The lowest BCUT2D eigenvalue weighted by Crippen LogP contribution is -2.35. The summed E-state index contributed by atoms with van der Waals surface area (Å²) in [5.74, 6) is -0.230. The van der Waals surface area contributed by atoms with Crippen molar-refractivity contribution in [3.8, 4) is 0 Å². The fourth-order valence-electron chi connectivity index (χ4n) is 2.33. The van der Waals surface area contributed by atoms with Crippen molar-refractivity contribution in [2.45, 2.75) is 26.5 Å². The Kier molecular flexibility index (Phi) is 5.58. The third-order valence-corrected chi connectivity index (χ3v) is 3.48. The molecular weight excluding hydrogens is 266 g/mol. The van der Waals surface area contributed by atoms with Crippen molar-refractivity contribution in [2.24, 2.45) is 0 Å². The lowest BCUT2D eigenvalue weighted by molar-refractivity contribution is -0.151. The van der Waals surface area contributed by atoms with E-state index in [1.165, 1.54) is 0 Å². The molecule has 21 heavy (non-hydrogen) atoms. The Morgan fingerprint density at radius 2 is 1.90 bits per heavy atom. The summed E-state index contributed by atoms with van der Waals surface area (Å²) in [6.45, 7) is 5.90. The van der Waals surface area contributed by atoms with Crippen LogP contribution in [0.1, 0.15) is 31.0 Å². The summed E-state index contributed by atoms with van der Waals surface area (Å²) in [7, 11) is 0. The molecule has 1 aromatic carbocycles. The van der Waals surface area contributed by atoms with Crippen molar-refractivity contribution in [3.05, 3.63) is 60.1 Å². The molecule has 112 valence electrons. The molecular formula is C17H21NO3. The van der Waals surface area contributed by atoms with Crippen LogP contribution in [0.4, 0.5) is 0 Å². The molecule has 0 aliphatic rings. The SMILES string of the molecule is CCN(CC)[C@@H](C(=O)OCc1ccoc1)c1ccccc1. The van der Waals surface area contributed by atoms with E-state index in [9.17, 15) is 4.79 Å². The molecule has 1 atom stereocenters. The highest BCUT2D eigenvalue weighted by Crippen LogP contribution is 2.22. The maximum absolute atomic E-state index is 12.5. The van der Waals surface area contributed by atoms with Gasteiger partial charge in [0.05, 0.1) is 12.5 Å². The largest absolute Gasteiger partial charge is 0.472 e. The quantitative estimate of drug-likeness (QED) is 0.732. The van der Waals surface area contributed by atoms with Crippen LogP contribution in [0.5, 0.6) is 0 Å². The molecule has 1 heterocycles. The van der Waals surface area contributed by atoms with Gasteiger partial charge in [0.2, 0.25) is 0 Å². The number of hydrogen-bond donors (Lipinski definition) is 0. The van der Waals surface area contributed by atoms with Gasteiger partial charge in [0.15, 0.2) is 0 Å². The third kappa shape index (κ3) is 3.95. The Morgan fingerprint density at radius 1 is 1.19 bits per heavy atom. The molecule has 0 unspecified atom stereocenters. The summed E-state index contributed by atoms with van der Waals surface area (Å²) >= 11 is 0. The van der Waals surface area contributed by atoms with Gasteiger partial charge < -0.3 is 9.15 Å². The van der Waals surface area contributed by atoms with Gasteiger partial charge in [-0.05, 0) is 24.7 Å². The molecule has 4 heteroatoms. The topological polar surface area (TPSA) is 42.7 Å². The lowest BCUT2D eigenvalue weighted by Gasteiger charge is -2.28. The standard InChI is InChI=1S/C17H21NO3/c1-3-18(4-2)16(15-8-6-5-7-9-15)17(19)21-13-14-10-11-20-12-14/h5-12,16H,3-4,13H2,1-2H3/t16-/m1/s1. The van der Waals surface area contributed by atoms with E-state index >= 15 is 0 Å². The number of carbonyl (C=O) groups excluding carboxylic acids is 1. The van der Waals surface area contributed by atoms with Crippen molar-refractivity contribution in [1.29, 1.82) is 0 Å². The van der Waals surface area contributed by atoms with Crippen molar-refractivity contribution < 1.29 is 13.9 Å². The fourth-order valence-corrected chi connectivity index (χ4v) is 2.33. The van der Waals surface area contributed by atoms with Crippen LogP contribution < -0.4 is 0 Å². The van der Waals surface area contributed by atoms with Gasteiger partial charge in [0.1, 0.15) is 12.6 Å². The number of benzene rings is 1. The average molecular weight is 287 g/mol. The number of hydrogen-bond acceptors (Lipinski definition) is 4. The minimum absolute atomic E-state index is 0.230. The van der Waals surface area contributed by atoms with Gasteiger partial charge in [-0.15, -0.1) is 0 Å². The van der Waals surface area contributed by atoms with E-state index in [1.807, 2.05) is 44.2 Å². The van der Waals surface area contributed by atoms with E-state index in [4.69, 9.17) is 9.15 Å². The first-order valence-electron chi connectivity index (χ1n) is 7.23. The highest BCUT2D eigenvalue weighted by molar-refractivity contribution is 5.77. The minimum atomic E-state index is -0.367. The smallest absolute Gasteiger partial charge is 0.328 e. The number of furan rings is 1. The minimum Gasteiger partial charge on any atom is -0.472 e. The summed E-state index contributed by atoms with van der Waals surface area (Å²) in [5, 5.41) is 0. The molecule has 0 aliphatic heterocycles. The van der Waals surface area contributed by atoms with E-state index in [0.29, 0.717) is 0 Å². The van der Waals surface area contributed by atoms with Crippen LogP contribution in [-0.4, -0.2) is 24.0 Å². The molecule has 0 saturated heterocycles. The van der Waals surface area contributed by atoms with Crippen LogP contribution in [0.25, 0.3) is 0 Å². The molecule has 0 amide bonds. The second-order valence-corrected chi connectivity index (χ2v) is 4.77. The molecule has 4 nitrogen and oxygen atoms in total. The van der Waals surface area contributed by atoms with E-state index < -0.39 is 0 Å². The maximum Gasteiger partial charge on any atom is 0.328 e. The molecule has 0 spiro atoms. The van der Waals surface area contributed by atoms with E-state index in [1.54, 1.807) is 18.6 Å². The molecule has 0 saturated carbocycles. The van der Waals surface area contributed by atoms with Gasteiger partial charge >= 0.3 is 5.97 Å². The van der Waals surface area contributed by atoms with Gasteiger partial charge in [0.25, 0.3) is 0 Å². The maximum atomic E-state index is 12.5. The normalized spacial score (nSPS) is 12.3. The molecule has 2 rings (SSSR count). The monoisotopic (exact) mass is 287 g/mol. The fraction of sp³-hybridized carbons (Fsp3) is 0.353. The van der Waals surface area contributed by atoms with Gasteiger partial charge in [-0.25, -0.2) is 4.79 Å². The van der Waals surface area contributed by atoms with Crippen molar-refractivity contribution in [1.82, 2.24) is 4.90 Å². The Hall–Kier alpha value is -2.07. The first kappa shape index (κ1) is 15.3. The summed E-state index contributed by atoms with van der Waals surface area (Å²) in [6.07, 6.45) is 3.16. The summed E-state index contributed by atoms with van der Waals surface area (Å²) in [5.41, 5.74) is 1.81. The second-order valence-electron chi connectivity index (χ2n) is 4.77. The Morgan fingerprint density at radius 3 is 2.48 bits per heavy atom. The van der Waals surface area contributed by atoms with Gasteiger partial charge in [-0.3, -0.25) is 4.90 Å². The zero-order valence-corrected chi connectivity index (χ0v) is 12.5. The first-order valence-corrected chi connectivity index (χ1v) is 7.23. The number of likely N-dealkylation sites (N-methyl/N-ethyl adjacent to an activating group) is 1. The van der Waals surface area contributed by atoms with Crippen LogP contribution in [-0.2, 0) is 16.1 Å². The summed E-state index contributed by atoms with van der Waals surface area (Å²) in [6, 6.07) is 11.2. The van der Waals surface area contributed by atoms with Gasteiger partial charge in [-0.1, -0.05) is 44.2 Å². The zero-order valence-electron chi connectivity index (χ0n) is 12.5. The van der Waals surface area contributed by atoms with Gasteiger partial charge in [-0.2, -0.15) is 0 Å². The summed E-state index contributed by atoms with van der Waals surface area (Å²) < 4.78 is 10.4. The molecule has 0 fully saturated rings. The van der Waals surface area contributed by atoms with Crippen LogP contribution >= 0.6 is 0 Å². The molecule has 2 aromatic rings. The number of carbonyl (C=O) groups is 1. The van der Waals surface area contributed by atoms with E-state index in [0.717, 1.165) is 24.2 Å². The number of rotatable bonds is 7. The predicted octanol–water partition coefficient (Wildman–Crippen LogP) is 3.41. The molecule has 0 aliphatic carbocycles. The lowest BCUT2D eigenvalue weighted by atomic mass is 10.1. The predicted molar refractivity (Wildman–Crippen MR) is 80.6 cm³/mol. The number of nitrogens with zero attached hydrogens (tertiary/aromatic N) is 1. The molecule has 1 aromatic heterocycles. The van der Waals surface area contributed by atoms with Crippen LogP contribution in [0.3, 0.4) is 0 Å². The number of ether oxygens (including phenoxy) is 1. The molecule has 0 radical (unpaired) electrons. The van der Waals surface area contributed by atoms with Crippen LogP contribution in [0.2, 0.25) is 0 Å². The second kappa shape index (κ2) is 7.64. The average Bonchev–Trinajstić information content (AvgIpc) is 3.04. The van der Waals surface area contributed by atoms with Crippen molar-refractivity contribution in [3.63, 3.8) is 0 Å². The van der Waals surface area contributed by atoms with Gasteiger partial charge in [0, 0.05) is 5.56 Å². The molecule has 0 N–H and O–H groups in total. The van der Waals surface area contributed by atoms with Crippen LogP contribution in [0, 0.1) is 0 Å². The van der Waals surface area contributed by atoms with Crippen molar-refractivity contribution in [2.75, 3.05) is 13.1 Å². The highest BCUT2D eigenvalue weighted by atomic mass is 16.5. The Bertz CT molecular complexity index is 532. The van der Waals surface area contributed by atoms with Crippen molar-refractivity contribution >= 4 is 5.97 Å². The Labute approximate surface area is 125 Å². The number of esters is 1. The zero-order chi connectivity index (χ0) is 15.1. The van der Waals surface area contributed by atoms with Crippen LogP contribution in [0.15, 0.2) is 53.3 Å². The summed E-state index contributed by atoms with van der Waals surface area (Å²) in [4.78, 5) is 14.6. The Balaban J connectivity index is 2.12. The van der Waals surface area contributed by atoms with E-state index in [2.05, 4.69) is 4.90 Å². The third-order valence-electron chi connectivity index (χ3n) is 3.48. The first-order chi connectivity index (χ1) is 10.3. The van der Waals surface area contributed by atoms with E-state index in [-0.39, 0.29) is 18.6 Å². The molecule has 0 bridgehead atoms.